The van der Waals surface area contributed by atoms with Crippen LogP contribution in [-0.2, 0) is 7.05 Å². The highest BCUT2D eigenvalue weighted by atomic mass is 79.9. The van der Waals surface area contributed by atoms with E-state index in [0.717, 1.165) is 32.4 Å². The van der Waals surface area contributed by atoms with Gasteiger partial charge in [0.25, 0.3) is 0 Å². The van der Waals surface area contributed by atoms with Crippen molar-refractivity contribution in [2.24, 2.45) is 7.05 Å². The minimum Gasteiger partial charge on any atom is -0.438 e. The van der Waals surface area contributed by atoms with Crippen molar-refractivity contribution >= 4 is 27.0 Å². The summed E-state index contributed by atoms with van der Waals surface area (Å²) in [5.41, 5.74) is 3.02. The Morgan fingerprint density at radius 1 is 0.917 bits per heavy atom. The monoisotopic (exact) mass is 380 g/mol. The first-order valence-electron chi connectivity index (χ1n) is 7.37. The highest BCUT2D eigenvalue weighted by Crippen LogP contribution is 2.28. The summed E-state index contributed by atoms with van der Waals surface area (Å²) in [5.74, 6) is 1.23. The maximum Gasteiger partial charge on any atom is 0.233 e. The largest absolute Gasteiger partial charge is 0.438 e. The second kappa shape index (κ2) is 6.05. The van der Waals surface area contributed by atoms with E-state index in [4.69, 9.17) is 4.74 Å². The fourth-order valence-corrected chi connectivity index (χ4v) is 2.76. The van der Waals surface area contributed by atoms with Crippen molar-refractivity contribution in [2.45, 2.75) is 0 Å². The van der Waals surface area contributed by atoms with Crippen molar-refractivity contribution in [1.29, 1.82) is 0 Å². The molecule has 0 spiro atoms. The molecular formula is C18H13BrN4O. The van der Waals surface area contributed by atoms with Gasteiger partial charge >= 0.3 is 0 Å². The topological polar surface area (TPSA) is 52.8 Å². The lowest BCUT2D eigenvalue weighted by Gasteiger charge is -2.07. The molecule has 0 atom stereocenters. The quantitative estimate of drug-likeness (QED) is 0.521. The Bertz CT molecular complexity index is 994. The third kappa shape index (κ3) is 2.76. The molecule has 2 heterocycles. The van der Waals surface area contributed by atoms with Crippen LogP contribution in [0.2, 0.25) is 0 Å². The van der Waals surface area contributed by atoms with Crippen molar-refractivity contribution in [2.75, 3.05) is 0 Å². The summed E-state index contributed by atoms with van der Waals surface area (Å²) < 4.78 is 8.66. The number of nitrogens with zero attached hydrogens (tertiary/aromatic N) is 4. The number of hydrogen-bond donors (Lipinski definition) is 0. The number of halogens is 1. The molecule has 4 aromatic rings. The van der Waals surface area contributed by atoms with Gasteiger partial charge in [0.05, 0.1) is 6.20 Å². The lowest BCUT2D eigenvalue weighted by atomic mass is 10.1. The van der Waals surface area contributed by atoms with Crippen LogP contribution in [0.15, 0.2) is 65.5 Å². The van der Waals surface area contributed by atoms with Gasteiger partial charge in [0, 0.05) is 11.5 Å². The predicted octanol–water partition coefficient (Wildman–Crippen LogP) is 4.59. The summed E-state index contributed by atoms with van der Waals surface area (Å²) in [4.78, 5) is 8.42. The first-order chi connectivity index (χ1) is 11.7. The minimum atomic E-state index is 0.504. The van der Waals surface area contributed by atoms with Gasteiger partial charge in [-0.05, 0) is 35.4 Å². The van der Waals surface area contributed by atoms with Gasteiger partial charge in [-0.25, -0.2) is 9.97 Å². The van der Waals surface area contributed by atoms with E-state index < -0.39 is 0 Å². The SMILES string of the molecule is Cn1ncc2c(Oc3ccc(-c4ccc(Br)cc4)cc3)ncnc21. The van der Waals surface area contributed by atoms with E-state index in [9.17, 15) is 0 Å². The minimum absolute atomic E-state index is 0.504. The van der Waals surface area contributed by atoms with Gasteiger partial charge in [0.15, 0.2) is 5.65 Å². The summed E-state index contributed by atoms with van der Waals surface area (Å²) in [6.45, 7) is 0. The van der Waals surface area contributed by atoms with Crippen molar-refractivity contribution in [3.05, 3.63) is 65.5 Å². The zero-order chi connectivity index (χ0) is 16.5. The van der Waals surface area contributed by atoms with E-state index in [1.807, 2.05) is 43.4 Å². The van der Waals surface area contributed by atoms with Crippen molar-refractivity contribution in [3.8, 4) is 22.8 Å². The van der Waals surface area contributed by atoms with E-state index in [1.165, 1.54) is 6.33 Å². The van der Waals surface area contributed by atoms with Crippen LogP contribution >= 0.6 is 15.9 Å². The third-order valence-corrected chi connectivity index (χ3v) is 4.27. The van der Waals surface area contributed by atoms with E-state index in [-0.39, 0.29) is 0 Å². The Morgan fingerprint density at radius 3 is 2.29 bits per heavy atom. The van der Waals surface area contributed by atoms with E-state index in [1.54, 1.807) is 10.9 Å². The molecule has 2 aromatic heterocycles. The predicted molar refractivity (Wildman–Crippen MR) is 96.0 cm³/mol. The van der Waals surface area contributed by atoms with Crippen molar-refractivity contribution < 1.29 is 4.74 Å². The summed E-state index contributed by atoms with van der Waals surface area (Å²) >= 11 is 3.45. The van der Waals surface area contributed by atoms with Gasteiger partial charge in [0.2, 0.25) is 5.88 Å². The first-order valence-corrected chi connectivity index (χ1v) is 8.16. The molecule has 0 saturated carbocycles. The molecule has 5 nitrogen and oxygen atoms in total. The van der Waals surface area contributed by atoms with Crippen LogP contribution in [0, 0.1) is 0 Å². The number of rotatable bonds is 3. The molecule has 118 valence electrons. The molecule has 0 amide bonds. The maximum absolute atomic E-state index is 5.90. The van der Waals surface area contributed by atoms with Gasteiger partial charge in [-0.2, -0.15) is 5.10 Å². The second-order valence-corrected chi connectivity index (χ2v) is 6.23. The van der Waals surface area contributed by atoms with E-state index >= 15 is 0 Å². The summed E-state index contributed by atoms with van der Waals surface area (Å²) in [7, 11) is 1.84. The zero-order valence-electron chi connectivity index (χ0n) is 12.8. The zero-order valence-corrected chi connectivity index (χ0v) is 14.4. The number of aryl methyl sites for hydroxylation is 1. The number of fused-ring (bicyclic) bond motifs is 1. The molecule has 0 aliphatic rings. The van der Waals surface area contributed by atoms with Crippen LogP contribution in [0.4, 0.5) is 0 Å². The molecule has 24 heavy (non-hydrogen) atoms. The fraction of sp³-hybridized carbons (Fsp3) is 0.0556. The van der Waals surface area contributed by atoms with Crippen LogP contribution in [-0.4, -0.2) is 19.7 Å². The Kier molecular flexibility index (Phi) is 3.74. The lowest BCUT2D eigenvalue weighted by molar-refractivity contribution is 0.468. The van der Waals surface area contributed by atoms with E-state index in [0.29, 0.717) is 5.88 Å². The second-order valence-electron chi connectivity index (χ2n) is 5.32. The molecule has 0 bridgehead atoms. The van der Waals surface area contributed by atoms with Gasteiger partial charge in [-0.1, -0.05) is 40.2 Å². The molecular weight excluding hydrogens is 368 g/mol. The van der Waals surface area contributed by atoms with Gasteiger partial charge in [0.1, 0.15) is 17.5 Å². The summed E-state index contributed by atoms with van der Waals surface area (Å²) in [6, 6.07) is 16.1. The van der Waals surface area contributed by atoms with Gasteiger partial charge in [-0.15, -0.1) is 0 Å². The van der Waals surface area contributed by atoms with Crippen LogP contribution in [0.3, 0.4) is 0 Å². The van der Waals surface area contributed by atoms with Gasteiger partial charge in [-0.3, -0.25) is 4.68 Å². The van der Waals surface area contributed by atoms with E-state index in [2.05, 4.69) is 43.1 Å². The third-order valence-electron chi connectivity index (χ3n) is 3.74. The Hall–Kier alpha value is -2.73. The first kappa shape index (κ1) is 14.8. The van der Waals surface area contributed by atoms with Gasteiger partial charge < -0.3 is 4.74 Å². The molecule has 0 unspecified atom stereocenters. The lowest BCUT2D eigenvalue weighted by Crippen LogP contribution is -1.94. The van der Waals surface area contributed by atoms with Crippen LogP contribution in [0.5, 0.6) is 11.6 Å². The number of ether oxygens (including phenoxy) is 1. The Balaban J connectivity index is 1.62. The number of benzene rings is 2. The average Bonchev–Trinajstić information content (AvgIpc) is 2.99. The number of aromatic nitrogens is 4. The van der Waals surface area contributed by atoms with Crippen LogP contribution in [0.1, 0.15) is 0 Å². The van der Waals surface area contributed by atoms with Crippen molar-refractivity contribution in [3.63, 3.8) is 0 Å². The highest BCUT2D eigenvalue weighted by Gasteiger charge is 2.10. The number of hydrogen-bond acceptors (Lipinski definition) is 4. The van der Waals surface area contributed by atoms with Crippen molar-refractivity contribution in [1.82, 2.24) is 19.7 Å². The molecule has 0 fully saturated rings. The highest BCUT2D eigenvalue weighted by molar-refractivity contribution is 9.10. The Morgan fingerprint density at radius 2 is 1.58 bits per heavy atom. The summed E-state index contributed by atoms with van der Waals surface area (Å²) in [6.07, 6.45) is 3.19. The molecule has 2 aromatic carbocycles. The average molecular weight is 381 g/mol. The smallest absolute Gasteiger partial charge is 0.233 e. The fourth-order valence-electron chi connectivity index (χ4n) is 2.49. The molecule has 0 radical (unpaired) electrons. The normalized spacial score (nSPS) is 10.9. The molecule has 0 N–H and O–H groups in total. The Labute approximate surface area is 147 Å². The molecule has 6 heteroatoms. The van der Waals surface area contributed by atoms with Crippen LogP contribution < -0.4 is 4.74 Å². The molecule has 0 saturated heterocycles. The molecule has 0 aliphatic heterocycles. The standard InChI is InChI=1S/C18H13BrN4O/c1-23-17-16(10-22-23)18(21-11-20-17)24-15-8-4-13(5-9-15)12-2-6-14(19)7-3-12/h2-11H,1H3. The maximum atomic E-state index is 5.90. The molecule has 4 rings (SSSR count). The summed E-state index contributed by atoms with van der Waals surface area (Å²) in [5, 5.41) is 4.98. The molecule has 0 aliphatic carbocycles. The van der Waals surface area contributed by atoms with Crippen LogP contribution in [0.25, 0.3) is 22.2 Å².